The number of hydrogen-bond acceptors (Lipinski definition) is 4. The first-order valence-corrected chi connectivity index (χ1v) is 10.0. The second-order valence-corrected chi connectivity index (χ2v) is 7.85. The molecule has 0 bridgehead atoms. The molecule has 1 aromatic heterocycles. The average molecular weight is 462 g/mol. The number of nitrogens with zero attached hydrogens (tertiary/aromatic N) is 3. The Kier molecular flexibility index (Phi) is 6.67. The number of ether oxygens (including phenoxy) is 1. The molecule has 0 radical (unpaired) electrons. The zero-order valence-corrected chi connectivity index (χ0v) is 17.9. The number of amides is 1. The van der Waals surface area contributed by atoms with Gasteiger partial charge < -0.3 is 14.5 Å². The quantitative estimate of drug-likeness (QED) is 0.653. The predicted molar refractivity (Wildman–Crippen MR) is 109 cm³/mol. The third-order valence-electron chi connectivity index (χ3n) is 4.83. The fraction of sp³-hybridized carbons (Fsp3) is 0.400. The van der Waals surface area contributed by atoms with Gasteiger partial charge in [0, 0.05) is 37.4 Å². The summed E-state index contributed by atoms with van der Waals surface area (Å²) in [4.78, 5) is 20.0. The molecular weight excluding hydrogens is 442 g/mol. The molecule has 2 heterocycles. The summed E-state index contributed by atoms with van der Waals surface area (Å²) in [5.41, 5.74) is -0.0662. The fourth-order valence-corrected chi connectivity index (χ4v) is 3.71. The number of pyridine rings is 1. The van der Waals surface area contributed by atoms with Gasteiger partial charge in [-0.05, 0) is 43.7 Å². The van der Waals surface area contributed by atoms with E-state index in [0.29, 0.717) is 37.0 Å². The van der Waals surface area contributed by atoms with Gasteiger partial charge in [-0.15, -0.1) is 0 Å². The van der Waals surface area contributed by atoms with E-state index >= 15 is 0 Å². The van der Waals surface area contributed by atoms with E-state index in [-0.39, 0.29) is 16.7 Å². The second kappa shape index (κ2) is 8.89. The number of halogens is 5. The highest BCUT2D eigenvalue weighted by molar-refractivity contribution is 6.33. The number of benzene rings is 1. The van der Waals surface area contributed by atoms with Crippen molar-refractivity contribution in [2.45, 2.75) is 26.1 Å². The molecule has 3 rings (SSSR count). The lowest BCUT2D eigenvalue weighted by Gasteiger charge is -2.36. The Hall–Kier alpha value is -2.19. The Morgan fingerprint density at radius 3 is 2.40 bits per heavy atom. The Balaban J connectivity index is 1.60. The first kappa shape index (κ1) is 22.5. The highest BCUT2D eigenvalue weighted by Gasteiger charge is 2.33. The molecule has 0 spiro atoms. The van der Waals surface area contributed by atoms with Gasteiger partial charge in [-0.3, -0.25) is 4.79 Å². The molecule has 2 aromatic rings. The number of alkyl halides is 3. The zero-order valence-electron chi connectivity index (χ0n) is 16.3. The number of carbonyl (C=O) groups is 1. The molecule has 1 aliphatic rings. The van der Waals surface area contributed by atoms with Gasteiger partial charge in [-0.25, -0.2) is 4.98 Å². The minimum atomic E-state index is -4.50. The largest absolute Gasteiger partial charge is 0.481 e. The van der Waals surface area contributed by atoms with Crippen LogP contribution in [0.15, 0.2) is 30.5 Å². The smallest absolute Gasteiger partial charge is 0.417 e. The first-order chi connectivity index (χ1) is 14.1. The van der Waals surface area contributed by atoms with Crippen LogP contribution < -0.4 is 9.64 Å². The molecule has 1 unspecified atom stereocenters. The molecule has 1 amide bonds. The molecule has 0 N–H and O–H groups in total. The number of hydrogen-bond donors (Lipinski definition) is 0. The van der Waals surface area contributed by atoms with Crippen LogP contribution in [-0.2, 0) is 11.0 Å². The maximum absolute atomic E-state index is 12.8. The molecule has 5 nitrogen and oxygen atoms in total. The van der Waals surface area contributed by atoms with Gasteiger partial charge >= 0.3 is 6.18 Å². The van der Waals surface area contributed by atoms with E-state index in [1.54, 1.807) is 34.9 Å². The Labute approximate surface area is 182 Å². The number of aromatic nitrogens is 1. The summed E-state index contributed by atoms with van der Waals surface area (Å²) >= 11 is 12.0. The lowest BCUT2D eigenvalue weighted by atomic mass is 10.2. The summed E-state index contributed by atoms with van der Waals surface area (Å²) in [7, 11) is 0. The van der Waals surface area contributed by atoms with E-state index in [1.807, 2.05) is 6.92 Å². The van der Waals surface area contributed by atoms with E-state index in [1.165, 1.54) is 0 Å². The van der Waals surface area contributed by atoms with Crippen LogP contribution in [0.5, 0.6) is 5.75 Å². The molecule has 1 atom stereocenters. The lowest BCUT2D eigenvalue weighted by Crippen LogP contribution is -2.52. The topological polar surface area (TPSA) is 45.7 Å². The Bertz CT molecular complexity index is 932. The lowest BCUT2D eigenvalue weighted by molar-refractivity contribution is -0.138. The van der Waals surface area contributed by atoms with Crippen molar-refractivity contribution in [3.05, 3.63) is 51.6 Å². The van der Waals surface area contributed by atoms with Gasteiger partial charge in [0.25, 0.3) is 5.91 Å². The van der Waals surface area contributed by atoms with Gasteiger partial charge in [0.05, 0.1) is 10.6 Å². The van der Waals surface area contributed by atoms with Gasteiger partial charge in [0.15, 0.2) is 6.10 Å². The van der Waals surface area contributed by atoms with E-state index in [9.17, 15) is 18.0 Å². The highest BCUT2D eigenvalue weighted by atomic mass is 35.5. The molecule has 0 saturated carbocycles. The molecule has 1 saturated heterocycles. The van der Waals surface area contributed by atoms with E-state index < -0.39 is 17.8 Å². The van der Waals surface area contributed by atoms with Crippen LogP contribution in [0.1, 0.15) is 18.1 Å². The van der Waals surface area contributed by atoms with Gasteiger partial charge in [-0.1, -0.05) is 23.2 Å². The normalized spacial score (nSPS) is 15.8. The maximum atomic E-state index is 12.8. The summed E-state index contributed by atoms with van der Waals surface area (Å²) in [6.45, 7) is 5.08. The standard InChI is InChI=1S/C20H20Cl2F3N3O2/c1-12-9-15(21)3-4-17(12)30-13(2)19(29)28-7-5-27(6-8-28)18-16(22)10-14(11-26-18)20(23,24)25/h3-4,9-11,13H,5-8H2,1-2H3. The molecule has 162 valence electrons. The average Bonchev–Trinajstić information content (AvgIpc) is 2.69. The van der Waals surface area contributed by atoms with Crippen LogP contribution >= 0.6 is 23.2 Å². The molecule has 10 heteroatoms. The van der Waals surface area contributed by atoms with Crippen LogP contribution in [0.3, 0.4) is 0 Å². The number of carbonyl (C=O) groups excluding carboxylic acids is 1. The fourth-order valence-electron chi connectivity index (χ4n) is 3.20. The summed E-state index contributed by atoms with van der Waals surface area (Å²) in [5, 5.41) is 0.519. The minimum absolute atomic E-state index is 0.0699. The number of piperazine rings is 1. The van der Waals surface area contributed by atoms with Crippen molar-refractivity contribution < 1.29 is 22.7 Å². The Morgan fingerprint density at radius 1 is 1.17 bits per heavy atom. The Morgan fingerprint density at radius 2 is 1.83 bits per heavy atom. The monoisotopic (exact) mass is 461 g/mol. The van der Waals surface area contributed by atoms with Gasteiger partial charge in [-0.2, -0.15) is 13.2 Å². The molecule has 1 fully saturated rings. The van der Waals surface area contributed by atoms with Crippen molar-refractivity contribution in [1.82, 2.24) is 9.88 Å². The summed E-state index contributed by atoms with van der Waals surface area (Å²) < 4.78 is 44.1. The SMILES string of the molecule is Cc1cc(Cl)ccc1OC(C)C(=O)N1CCN(c2ncc(C(F)(F)F)cc2Cl)CC1. The van der Waals surface area contributed by atoms with Crippen molar-refractivity contribution in [2.75, 3.05) is 31.1 Å². The van der Waals surface area contributed by atoms with Gasteiger partial charge in [0.1, 0.15) is 11.6 Å². The first-order valence-electron chi connectivity index (χ1n) is 9.25. The zero-order chi connectivity index (χ0) is 22.1. The van der Waals surface area contributed by atoms with Crippen molar-refractivity contribution in [3.8, 4) is 5.75 Å². The van der Waals surface area contributed by atoms with Crippen molar-refractivity contribution in [3.63, 3.8) is 0 Å². The van der Waals surface area contributed by atoms with Gasteiger partial charge in [0.2, 0.25) is 0 Å². The van der Waals surface area contributed by atoms with Crippen LogP contribution in [0, 0.1) is 6.92 Å². The summed E-state index contributed by atoms with van der Waals surface area (Å²) in [6, 6.07) is 6.04. The van der Waals surface area contributed by atoms with Crippen molar-refractivity contribution >= 4 is 34.9 Å². The second-order valence-electron chi connectivity index (χ2n) is 7.01. The summed E-state index contributed by atoms with van der Waals surface area (Å²) in [5.74, 6) is 0.688. The molecule has 0 aliphatic carbocycles. The molecule has 1 aromatic carbocycles. The number of aryl methyl sites for hydroxylation is 1. The van der Waals surface area contributed by atoms with E-state index in [0.717, 1.165) is 17.8 Å². The number of anilines is 1. The molecule has 30 heavy (non-hydrogen) atoms. The van der Waals surface area contributed by atoms with E-state index in [2.05, 4.69) is 4.98 Å². The predicted octanol–water partition coefficient (Wildman–Crippen LogP) is 4.83. The minimum Gasteiger partial charge on any atom is -0.481 e. The summed E-state index contributed by atoms with van der Waals surface area (Å²) in [6.07, 6.45) is -4.42. The van der Waals surface area contributed by atoms with Crippen molar-refractivity contribution in [1.29, 1.82) is 0 Å². The molecule has 1 aliphatic heterocycles. The highest BCUT2D eigenvalue weighted by Crippen LogP contribution is 2.33. The maximum Gasteiger partial charge on any atom is 0.417 e. The van der Waals surface area contributed by atoms with Crippen LogP contribution in [0.2, 0.25) is 10.0 Å². The van der Waals surface area contributed by atoms with Crippen LogP contribution in [0.4, 0.5) is 19.0 Å². The molecular formula is C20H20Cl2F3N3O2. The van der Waals surface area contributed by atoms with Crippen LogP contribution in [0.25, 0.3) is 0 Å². The van der Waals surface area contributed by atoms with Crippen LogP contribution in [-0.4, -0.2) is 48.1 Å². The number of rotatable bonds is 4. The third-order valence-corrected chi connectivity index (χ3v) is 5.34. The van der Waals surface area contributed by atoms with Crippen molar-refractivity contribution in [2.24, 2.45) is 0 Å². The third kappa shape index (κ3) is 5.10. The van der Waals surface area contributed by atoms with E-state index in [4.69, 9.17) is 27.9 Å².